The minimum Gasteiger partial charge on any atom is -0.330 e. The normalized spacial score (nSPS) is 26.2. The van der Waals surface area contributed by atoms with Crippen LogP contribution in [0, 0.1) is 5.92 Å². The molecule has 16 heavy (non-hydrogen) atoms. The lowest BCUT2D eigenvalue weighted by molar-refractivity contribution is 0.149. The SMILES string of the molecule is NCC1CCNC(c2cscc2C(F)F)C1. The summed E-state index contributed by atoms with van der Waals surface area (Å²) >= 11 is 1.35. The van der Waals surface area contributed by atoms with Gasteiger partial charge in [0.1, 0.15) is 0 Å². The number of alkyl halides is 2. The Morgan fingerprint density at radius 2 is 2.31 bits per heavy atom. The molecule has 2 unspecified atom stereocenters. The molecule has 0 aliphatic carbocycles. The third kappa shape index (κ3) is 2.42. The van der Waals surface area contributed by atoms with Crippen LogP contribution in [0.5, 0.6) is 0 Å². The van der Waals surface area contributed by atoms with Crippen LogP contribution in [0.1, 0.15) is 36.4 Å². The lowest BCUT2D eigenvalue weighted by Gasteiger charge is -2.30. The average molecular weight is 246 g/mol. The van der Waals surface area contributed by atoms with E-state index in [1.807, 2.05) is 5.38 Å². The van der Waals surface area contributed by atoms with E-state index in [0.717, 1.165) is 24.9 Å². The van der Waals surface area contributed by atoms with Crippen LogP contribution in [0.2, 0.25) is 0 Å². The van der Waals surface area contributed by atoms with Crippen LogP contribution >= 0.6 is 11.3 Å². The maximum Gasteiger partial charge on any atom is 0.264 e. The van der Waals surface area contributed by atoms with Gasteiger partial charge in [-0.2, -0.15) is 11.3 Å². The first-order chi connectivity index (χ1) is 7.72. The van der Waals surface area contributed by atoms with E-state index >= 15 is 0 Å². The highest BCUT2D eigenvalue weighted by atomic mass is 32.1. The molecule has 1 aromatic heterocycles. The summed E-state index contributed by atoms with van der Waals surface area (Å²) in [4.78, 5) is 0. The third-order valence-corrected chi connectivity index (χ3v) is 3.96. The second kappa shape index (κ2) is 5.21. The van der Waals surface area contributed by atoms with Gasteiger partial charge in [0.05, 0.1) is 0 Å². The van der Waals surface area contributed by atoms with Crippen LogP contribution in [-0.4, -0.2) is 13.1 Å². The van der Waals surface area contributed by atoms with Crippen LogP contribution in [0.25, 0.3) is 0 Å². The van der Waals surface area contributed by atoms with E-state index in [1.165, 1.54) is 11.3 Å². The summed E-state index contributed by atoms with van der Waals surface area (Å²) in [7, 11) is 0. The lowest BCUT2D eigenvalue weighted by atomic mass is 9.88. The Labute approximate surface area is 97.8 Å². The Hall–Kier alpha value is -0.520. The van der Waals surface area contributed by atoms with Gasteiger partial charge in [-0.3, -0.25) is 0 Å². The van der Waals surface area contributed by atoms with E-state index in [1.54, 1.807) is 5.38 Å². The number of rotatable bonds is 3. The van der Waals surface area contributed by atoms with Gasteiger partial charge in [0.25, 0.3) is 6.43 Å². The summed E-state index contributed by atoms with van der Waals surface area (Å²) in [6.45, 7) is 1.51. The molecule has 0 spiro atoms. The zero-order chi connectivity index (χ0) is 11.5. The summed E-state index contributed by atoms with van der Waals surface area (Å²) in [5.74, 6) is 0.455. The standard InChI is InChI=1S/C11H16F2N2S/c12-11(13)9-6-16-5-8(9)10-3-7(4-14)1-2-15-10/h5-7,10-11,15H,1-4,14H2. The van der Waals surface area contributed by atoms with Gasteiger partial charge in [-0.15, -0.1) is 0 Å². The molecule has 2 atom stereocenters. The van der Waals surface area contributed by atoms with E-state index in [4.69, 9.17) is 5.73 Å². The predicted molar refractivity (Wildman–Crippen MR) is 61.8 cm³/mol. The molecule has 1 fully saturated rings. The smallest absolute Gasteiger partial charge is 0.264 e. The summed E-state index contributed by atoms with van der Waals surface area (Å²) in [5, 5.41) is 6.68. The molecule has 1 aliphatic heterocycles. The summed E-state index contributed by atoms with van der Waals surface area (Å²) in [6.07, 6.45) is -0.463. The summed E-state index contributed by atoms with van der Waals surface area (Å²) in [6, 6.07) is 0.0533. The fourth-order valence-corrected chi connectivity index (χ4v) is 3.13. The molecular formula is C11H16F2N2S. The van der Waals surface area contributed by atoms with E-state index in [9.17, 15) is 8.78 Å². The Morgan fingerprint density at radius 1 is 1.50 bits per heavy atom. The van der Waals surface area contributed by atoms with Crippen molar-refractivity contribution >= 4 is 11.3 Å². The number of nitrogens with one attached hydrogen (secondary N) is 1. The molecule has 5 heteroatoms. The average Bonchev–Trinajstić information content (AvgIpc) is 2.78. The van der Waals surface area contributed by atoms with Crippen LogP contribution < -0.4 is 11.1 Å². The minimum atomic E-state index is -2.37. The Bertz CT molecular complexity index is 340. The molecule has 0 saturated carbocycles. The van der Waals surface area contributed by atoms with Crippen molar-refractivity contribution in [2.45, 2.75) is 25.3 Å². The van der Waals surface area contributed by atoms with Crippen molar-refractivity contribution in [2.24, 2.45) is 11.7 Å². The Balaban J connectivity index is 2.13. The second-order valence-electron chi connectivity index (χ2n) is 4.22. The Kier molecular flexibility index (Phi) is 3.89. The summed E-state index contributed by atoms with van der Waals surface area (Å²) < 4.78 is 25.5. The monoisotopic (exact) mass is 246 g/mol. The van der Waals surface area contributed by atoms with Gasteiger partial charge in [0.15, 0.2) is 0 Å². The molecule has 2 nitrogen and oxygen atoms in total. The number of halogens is 2. The second-order valence-corrected chi connectivity index (χ2v) is 4.96. The molecule has 90 valence electrons. The molecule has 2 heterocycles. The van der Waals surface area contributed by atoms with Crippen molar-refractivity contribution in [3.05, 3.63) is 21.9 Å². The van der Waals surface area contributed by atoms with Gasteiger partial charge >= 0.3 is 0 Å². The van der Waals surface area contributed by atoms with Crippen LogP contribution in [0.15, 0.2) is 10.8 Å². The van der Waals surface area contributed by atoms with Crippen molar-refractivity contribution in [2.75, 3.05) is 13.1 Å². The maximum absolute atomic E-state index is 12.7. The third-order valence-electron chi connectivity index (χ3n) is 3.18. The van der Waals surface area contributed by atoms with E-state index < -0.39 is 6.43 Å². The molecule has 0 aromatic carbocycles. The zero-order valence-corrected chi connectivity index (χ0v) is 9.77. The van der Waals surface area contributed by atoms with Gasteiger partial charge in [0.2, 0.25) is 0 Å². The molecule has 0 bridgehead atoms. The van der Waals surface area contributed by atoms with Gasteiger partial charge < -0.3 is 11.1 Å². The molecule has 1 aromatic rings. The summed E-state index contributed by atoms with van der Waals surface area (Å²) in [5.41, 5.74) is 6.59. The van der Waals surface area contributed by atoms with E-state index in [2.05, 4.69) is 5.32 Å². The van der Waals surface area contributed by atoms with Gasteiger partial charge in [-0.05, 0) is 48.2 Å². The number of hydrogen-bond acceptors (Lipinski definition) is 3. The van der Waals surface area contributed by atoms with Crippen molar-refractivity contribution in [1.82, 2.24) is 5.32 Å². The van der Waals surface area contributed by atoms with Crippen LogP contribution in [-0.2, 0) is 0 Å². The van der Waals surface area contributed by atoms with Gasteiger partial charge in [-0.1, -0.05) is 0 Å². The quantitative estimate of drug-likeness (QED) is 0.860. The lowest BCUT2D eigenvalue weighted by Crippen LogP contribution is -2.34. The highest BCUT2D eigenvalue weighted by Gasteiger charge is 2.26. The first kappa shape index (κ1) is 12.0. The highest BCUT2D eigenvalue weighted by molar-refractivity contribution is 7.08. The van der Waals surface area contributed by atoms with E-state index in [0.29, 0.717) is 12.5 Å². The molecule has 0 radical (unpaired) electrons. The van der Waals surface area contributed by atoms with Gasteiger partial charge in [0, 0.05) is 11.6 Å². The van der Waals surface area contributed by atoms with Crippen molar-refractivity contribution in [1.29, 1.82) is 0 Å². The number of thiophene rings is 1. The number of hydrogen-bond donors (Lipinski definition) is 2. The maximum atomic E-state index is 12.7. The minimum absolute atomic E-state index is 0.0533. The predicted octanol–water partition coefficient (Wildman–Crippen LogP) is 2.69. The molecule has 1 saturated heterocycles. The van der Waals surface area contributed by atoms with Gasteiger partial charge in [-0.25, -0.2) is 8.78 Å². The first-order valence-electron chi connectivity index (χ1n) is 5.50. The number of nitrogens with two attached hydrogens (primary N) is 1. The Morgan fingerprint density at radius 3 is 3.00 bits per heavy atom. The van der Waals surface area contributed by atoms with Crippen LogP contribution in [0.3, 0.4) is 0 Å². The van der Waals surface area contributed by atoms with Crippen molar-refractivity contribution < 1.29 is 8.78 Å². The zero-order valence-electron chi connectivity index (χ0n) is 8.96. The molecule has 0 amide bonds. The molecular weight excluding hydrogens is 230 g/mol. The largest absolute Gasteiger partial charge is 0.330 e. The topological polar surface area (TPSA) is 38.0 Å². The highest BCUT2D eigenvalue weighted by Crippen LogP contribution is 2.35. The molecule has 2 rings (SSSR count). The van der Waals surface area contributed by atoms with Crippen molar-refractivity contribution in [3.8, 4) is 0 Å². The van der Waals surface area contributed by atoms with Crippen LogP contribution in [0.4, 0.5) is 8.78 Å². The van der Waals surface area contributed by atoms with E-state index in [-0.39, 0.29) is 11.6 Å². The number of piperidine rings is 1. The fourth-order valence-electron chi connectivity index (χ4n) is 2.22. The molecule has 3 N–H and O–H groups in total. The van der Waals surface area contributed by atoms with Crippen molar-refractivity contribution in [3.63, 3.8) is 0 Å². The first-order valence-corrected chi connectivity index (χ1v) is 6.44. The molecule has 1 aliphatic rings. The fraction of sp³-hybridized carbons (Fsp3) is 0.636.